The Morgan fingerprint density at radius 3 is 1.81 bits per heavy atom. The largest absolute Gasteiger partial charge is 0.469 e. The first-order valence-electron chi connectivity index (χ1n) is 8.10. The van der Waals surface area contributed by atoms with Crippen LogP contribution in [-0.2, 0) is 29.1 Å². The number of carbonyl (C=O) groups is 2. The molecule has 0 aliphatic heterocycles. The van der Waals surface area contributed by atoms with E-state index in [1.807, 2.05) is 0 Å². The zero-order chi connectivity index (χ0) is 20.4. The molecule has 1 rings (SSSR count). The number of nitro groups is 1. The Morgan fingerprint density at radius 2 is 1.44 bits per heavy atom. The maximum atomic E-state index is 12.8. The number of nitrogens with zero attached hydrogens (tertiary/aromatic N) is 2. The van der Waals surface area contributed by atoms with Gasteiger partial charge < -0.3 is 9.47 Å². The van der Waals surface area contributed by atoms with Crippen LogP contribution in [0, 0.1) is 10.1 Å². The maximum Gasteiger partial charge on any atom is 0.305 e. The lowest BCUT2D eigenvalue weighted by molar-refractivity contribution is -0.384. The molecule has 1 aromatic rings. The molecule has 0 amide bonds. The van der Waals surface area contributed by atoms with Gasteiger partial charge >= 0.3 is 11.9 Å². The summed E-state index contributed by atoms with van der Waals surface area (Å²) in [6.45, 7) is 0.0746. The van der Waals surface area contributed by atoms with Gasteiger partial charge in [-0.3, -0.25) is 19.7 Å². The highest BCUT2D eigenvalue weighted by Gasteiger charge is 2.25. The van der Waals surface area contributed by atoms with Gasteiger partial charge in [0.05, 0.1) is 24.0 Å². The molecular weight excluding hydrogens is 380 g/mol. The summed E-state index contributed by atoms with van der Waals surface area (Å²) in [5.41, 5.74) is -0.225. The zero-order valence-electron chi connectivity index (χ0n) is 15.1. The Balaban J connectivity index is 2.93. The SMILES string of the molecule is COC(=O)CCCN(CCCC(=O)OC)S(=O)(=O)c1ccc([N+](=O)[O-])cc1. The van der Waals surface area contributed by atoms with Crippen LogP contribution in [0.1, 0.15) is 25.7 Å². The fourth-order valence-electron chi connectivity index (χ4n) is 2.24. The number of rotatable bonds is 11. The summed E-state index contributed by atoms with van der Waals surface area (Å²) in [5.74, 6) is -0.922. The molecule has 10 nitrogen and oxygen atoms in total. The summed E-state index contributed by atoms with van der Waals surface area (Å²) in [5, 5.41) is 10.7. The van der Waals surface area contributed by atoms with Crippen molar-refractivity contribution in [3.05, 3.63) is 34.4 Å². The molecule has 27 heavy (non-hydrogen) atoms. The van der Waals surface area contributed by atoms with Crippen LogP contribution in [0.25, 0.3) is 0 Å². The molecule has 0 unspecified atom stereocenters. The van der Waals surface area contributed by atoms with E-state index in [-0.39, 0.29) is 49.4 Å². The number of non-ortho nitro benzene ring substituents is 1. The third-order valence-corrected chi connectivity index (χ3v) is 5.63. The van der Waals surface area contributed by atoms with Gasteiger partial charge in [0.25, 0.3) is 5.69 Å². The maximum absolute atomic E-state index is 12.8. The average Bonchev–Trinajstić information content (AvgIpc) is 2.66. The van der Waals surface area contributed by atoms with Gasteiger partial charge in [0.15, 0.2) is 0 Å². The topological polar surface area (TPSA) is 133 Å². The summed E-state index contributed by atoms with van der Waals surface area (Å²) < 4.78 is 35.9. The third-order valence-electron chi connectivity index (χ3n) is 3.72. The van der Waals surface area contributed by atoms with E-state index in [9.17, 15) is 28.1 Å². The number of benzene rings is 1. The predicted molar refractivity (Wildman–Crippen MR) is 94.4 cm³/mol. The van der Waals surface area contributed by atoms with E-state index in [0.29, 0.717) is 0 Å². The van der Waals surface area contributed by atoms with E-state index in [0.717, 1.165) is 28.6 Å². The van der Waals surface area contributed by atoms with Crippen molar-refractivity contribution in [3.63, 3.8) is 0 Å². The second-order valence-electron chi connectivity index (χ2n) is 5.51. The highest BCUT2D eigenvalue weighted by Crippen LogP contribution is 2.20. The molecule has 11 heteroatoms. The Hall–Kier alpha value is -2.53. The Kier molecular flexibility index (Phi) is 8.82. The van der Waals surface area contributed by atoms with E-state index in [4.69, 9.17) is 0 Å². The van der Waals surface area contributed by atoms with Crippen molar-refractivity contribution < 1.29 is 32.4 Å². The number of carbonyl (C=O) groups excluding carboxylic acids is 2. The average molecular weight is 402 g/mol. The van der Waals surface area contributed by atoms with Crippen LogP contribution in [0.3, 0.4) is 0 Å². The van der Waals surface area contributed by atoms with Crippen LogP contribution in [0.15, 0.2) is 29.2 Å². The van der Waals surface area contributed by atoms with Crippen molar-refractivity contribution in [1.29, 1.82) is 0 Å². The fourth-order valence-corrected chi connectivity index (χ4v) is 3.76. The molecule has 0 aromatic heterocycles. The van der Waals surface area contributed by atoms with E-state index in [2.05, 4.69) is 9.47 Å². The summed E-state index contributed by atoms with van der Waals surface area (Å²) in [6, 6.07) is 4.52. The van der Waals surface area contributed by atoms with E-state index < -0.39 is 26.9 Å². The molecule has 1 aromatic carbocycles. The Morgan fingerprint density at radius 1 is 1.00 bits per heavy atom. The number of hydrogen-bond acceptors (Lipinski definition) is 8. The van der Waals surface area contributed by atoms with Gasteiger partial charge in [-0.15, -0.1) is 0 Å². The molecule has 0 spiro atoms. The van der Waals surface area contributed by atoms with Crippen LogP contribution in [0.2, 0.25) is 0 Å². The molecule has 0 aliphatic carbocycles. The molecule has 150 valence electrons. The molecule has 0 bridgehead atoms. The highest BCUT2D eigenvalue weighted by molar-refractivity contribution is 7.89. The molecule has 0 aliphatic rings. The minimum Gasteiger partial charge on any atom is -0.469 e. The van der Waals surface area contributed by atoms with Crippen molar-refractivity contribution in [3.8, 4) is 0 Å². The van der Waals surface area contributed by atoms with Crippen LogP contribution in [-0.4, -0.2) is 56.9 Å². The molecular formula is C16H22N2O8S. The fraction of sp³-hybridized carbons (Fsp3) is 0.500. The minimum absolute atomic E-state index is 0.0373. The summed E-state index contributed by atoms with van der Waals surface area (Å²) in [6.07, 6.45) is 0.549. The molecule has 0 atom stereocenters. The van der Waals surface area contributed by atoms with Crippen LogP contribution in [0.4, 0.5) is 5.69 Å². The van der Waals surface area contributed by atoms with Crippen LogP contribution >= 0.6 is 0 Å². The number of sulfonamides is 1. The molecule has 0 saturated heterocycles. The molecule has 0 N–H and O–H groups in total. The lowest BCUT2D eigenvalue weighted by Crippen LogP contribution is -2.33. The van der Waals surface area contributed by atoms with Crippen LogP contribution < -0.4 is 0 Å². The number of hydrogen-bond donors (Lipinski definition) is 0. The summed E-state index contributed by atoms with van der Waals surface area (Å²) in [4.78, 5) is 32.5. The standard InChI is InChI=1S/C16H22N2O8S/c1-25-15(19)5-3-11-17(12-4-6-16(20)26-2)27(23,24)14-9-7-13(8-10-14)18(21)22/h7-10H,3-6,11-12H2,1-2H3. The number of esters is 2. The monoisotopic (exact) mass is 402 g/mol. The third kappa shape index (κ3) is 6.94. The normalized spacial score (nSPS) is 11.2. The predicted octanol–water partition coefficient (Wildman–Crippen LogP) is 1.49. The lowest BCUT2D eigenvalue weighted by Gasteiger charge is -2.22. The lowest BCUT2D eigenvalue weighted by atomic mass is 10.3. The van der Waals surface area contributed by atoms with Crippen molar-refractivity contribution in [2.24, 2.45) is 0 Å². The smallest absolute Gasteiger partial charge is 0.305 e. The second kappa shape index (κ2) is 10.6. The summed E-state index contributed by atoms with van der Waals surface area (Å²) in [7, 11) is -1.47. The van der Waals surface area contributed by atoms with Gasteiger partial charge in [0.2, 0.25) is 10.0 Å². The van der Waals surface area contributed by atoms with E-state index >= 15 is 0 Å². The van der Waals surface area contributed by atoms with Gasteiger partial charge in [-0.2, -0.15) is 4.31 Å². The quantitative estimate of drug-likeness (QED) is 0.309. The first kappa shape index (κ1) is 22.5. The minimum atomic E-state index is -3.95. The highest BCUT2D eigenvalue weighted by atomic mass is 32.2. The molecule has 0 heterocycles. The first-order valence-corrected chi connectivity index (χ1v) is 9.54. The van der Waals surface area contributed by atoms with Gasteiger partial charge in [-0.05, 0) is 25.0 Å². The number of methoxy groups -OCH3 is 2. The molecule has 0 saturated carbocycles. The Bertz CT molecular complexity index is 739. The van der Waals surface area contributed by atoms with Gasteiger partial charge in [0.1, 0.15) is 0 Å². The number of ether oxygens (including phenoxy) is 2. The zero-order valence-corrected chi connectivity index (χ0v) is 15.9. The Labute approximate surface area is 157 Å². The van der Waals surface area contributed by atoms with Gasteiger partial charge in [0, 0.05) is 38.1 Å². The van der Waals surface area contributed by atoms with Gasteiger partial charge in [-0.25, -0.2) is 8.42 Å². The van der Waals surface area contributed by atoms with E-state index in [1.165, 1.54) is 14.2 Å². The van der Waals surface area contributed by atoms with Crippen LogP contribution in [0.5, 0.6) is 0 Å². The molecule has 0 radical (unpaired) electrons. The van der Waals surface area contributed by atoms with Crippen molar-refractivity contribution in [1.82, 2.24) is 4.31 Å². The first-order chi connectivity index (χ1) is 12.7. The summed E-state index contributed by atoms with van der Waals surface area (Å²) >= 11 is 0. The second-order valence-corrected chi connectivity index (χ2v) is 7.45. The number of nitro benzene ring substituents is 1. The van der Waals surface area contributed by atoms with E-state index in [1.54, 1.807) is 0 Å². The van der Waals surface area contributed by atoms with Crippen molar-refractivity contribution in [2.75, 3.05) is 27.3 Å². The molecule has 0 fully saturated rings. The van der Waals surface area contributed by atoms with Gasteiger partial charge in [-0.1, -0.05) is 0 Å². The van der Waals surface area contributed by atoms with Crippen molar-refractivity contribution >= 4 is 27.6 Å². The van der Waals surface area contributed by atoms with Crippen molar-refractivity contribution in [2.45, 2.75) is 30.6 Å².